The fourth-order valence-electron chi connectivity index (χ4n) is 0.869. The van der Waals surface area contributed by atoms with E-state index >= 15 is 0 Å². The molecule has 0 aromatic carbocycles. The number of rotatable bonds is 4. The largest absolute Gasteiger partial charge is 0.395 e. The van der Waals surface area contributed by atoms with Crippen molar-refractivity contribution in [3.05, 3.63) is 24.0 Å². The molecule has 0 radical (unpaired) electrons. The summed E-state index contributed by atoms with van der Waals surface area (Å²) in [6.07, 6.45) is 1.10. The Kier molecular flexibility index (Phi) is 3.74. The lowest BCUT2D eigenvalue weighted by Gasteiger charge is -2.03. The summed E-state index contributed by atoms with van der Waals surface area (Å²) in [5.41, 5.74) is 0.149. The number of aliphatic hydroxyl groups is 1. The minimum Gasteiger partial charge on any atom is -0.395 e. The molecule has 0 bridgehead atoms. The van der Waals surface area contributed by atoms with Gasteiger partial charge in [-0.05, 0) is 12.1 Å². The number of nitrogens with zero attached hydrogens (tertiary/aromatic N) is 2. The van der Waals surface area contributed by atoms with Gasteiger partial charge in [-0.2, -0.15) is 5.26 Å². The van der Waals surface area contributed by atoms with E-state index in [-0.39, 0.29) is 23.7 Å². The molecular formula is C8H9N3O3S. The molecule has 1 heterocycles. The lowest BCUT2D eigenvalue weighted by atomic mass is 10.4. The topological polar surface area (TPSA) is 103 Å². The van der Waals surface area contributed by atoms with Crippen molar-refractivity contribution in [2.24, 2.45) is 0 Å². The fourth-order valence-corrected chi connectivity index (χ4v) is 1.83. The van der Waals surface area contributed by atoms with E-state index < -0.39 is 10.0 Å². The molecule has 0 saturated carbocycles. The van der Waals surface area contributed by atoms with Crippen molar-refractivity contribution < 1.29 is 13.5 Å². The highest BCUT2D eigenvalue weighted by Gasteiger charge is 2.13. The number of pyridine rings is 1. The molecule has 0 aliphatic rings. The number of aromatic nitrogens is 1. The Morgan fingerprint density at radius 2 is 2.27 bits per heavy atom. The van der Waals surface area contributed by atoms with Gasteiger partial charge in [-0.25, -0.2) is 18.1 Å². The zero-order valence-electron chi connectivity index (χ0n) is 7.71. The molecule has 2 N–H and O–H groups in total. The summed E-state index contributed by atoms with van der Waals surface area (Å²) in [5, 5.41) is 16.9. The van der Waals surface area contributed by atoms with Crippen LogP contribution in [0.3, 0.4) is 0 Å². The van der Waals surface area contributed by atoms with E-state index in [1.807, 2.05) is 0 Å². The lowest BCUT2D eigenvalue weighted by Crippen LogP contribution is -2.26. The molecule has 0 unspecified atom stereocenters. The molecule has 0 amide bonds. The third kappa shape index (κ3) is 2.99. The number of sulfonamides is 1. The van der Waals surface area contributed by atoms with Crippen LogP contribution in [0.1, 0.15) is 5.69 Å². The quantitative estimate of drug-likeness (QED) is 0.702. The Morgan fingerprint density at radius 3 is 2.73 bits per heavy atom. The average molecular weight is 227 g/mol. The Labute approximate surface area is 87.2 Å². The van der Waals surface area contributed by atoms with Gasteiger partial charge in [0.2, 0.25) is 10.0 Å². The van der Waals surface area contributed by atoms with Crippen molar-refractivity contribution in [2.75, 3.05) is 13.2 Å². The van der Waals surface area contributed by atoms with Crippen molar-refractivity contribution in [2.45, 2.75) is 4.90 Å². The second kappa shape index (κ2) is 4.84. The molecule has 0 fully saturated rings. The van der Waals surface area contributed by atoms with Gasteiger partial charge in [-0.15, -0.1) is 0 Å². The minimum atomic E-state index is -3.63. The highest BCUT2D eigenvalue weighted by atomic mass is 32.2. The third-order valence-electron chi connectivity index (χ3n) is 1.57. The van der Waals surface area contributed by atoms with E-state index in [1.54, 1.807) is 6.07 Å². The number of hydrogen-bond donors (Lipinski definition) is 2. The molecule has 7 heteroatoms. The predicted molar refractivity (Wildman–Crippen MR) is 51.2 cm³/mol. The molecule has 0 aliphatic carbocycles. The van der Waals surface area contributed by atoms with E-state index in [0.29, 0.717) is 0 Å². The summed E-state index contributed by atoms with van der Waals surface area (Å²) in [4.78, 5) is 3.60. The molecule has 1 aromatic heterocycles. The van der Waals surface area contributed by atoms with Crippen LogP contribution in [0.2, 0.25) is 0 Å². The van der Waals surface area contributed by atoms with Crippen LogP contribution in [0, 0.1) is 11.3 Å². The zero-order valence-corrected chi connectivity index (χ0v) is 8.53. The van der Waals surface area contributed by atoms with Crippen LogP contribution < -0.4 is 4.72 Å². The van der Waals surface area contributed by atoms with Crippen molar-refractivity contribution in [1.29, 1.82) is 5.26 Å². The number of nitrogens with one attached hydrogen (secondary N) is 1. The SMILES string of the molecule is N#Cc1ccc(S(=O)(=O)NCCO)cn1. The van der Waals surface area contributed by atoms with Crippen LogP contribution in [0.25, 0.3) is 0 Å². The van der Waals surface area contributed by atoms with Gasteiger partial charge in [0.05, 0.1) is 6.61 Å². The Balaban J connectivity index is 2.92. The van der Waals surface area contributed by atoms with E-state index in [9.17, 15) is 8.42 Å². The second-order valence-electron chi connectivity index (χ2n) is 2.61. The first-order valence-corrected chi connectivity index (χ1v) is 5.55. The van der Waals surface area contributed by atoms with Crippen LogP contribution in [0.5, 0.6) is 0 Å². The van der Waals surface area contributed by atoms with Gasteiger partial charge in [0.15, 0.2) is 0 Å². The van der Waals surface area contributed by atoms with E-state index in [2.05, 4.69) is 9.71 Å². The predicted octanol–water partition coefficient (Wildman–Crippen LogP) is -0.776. The summed E-state index contributed by atoms with van der Waals surface area (Å²) in [6, 6.07) is 4.38. The van der Waals surface area contributed by atoms with Gasteiger partial charge in [-0.1, -0.05) is 0 Å². The Morgan fingerprint density at radius 1 is 1.53 bits per heavy atom. The van der Waals surface area contributed by atoms with E-state index in [1.165, 1.54) is 12.1 Å². The van der Waals surface area contributed by atoms with E-state index in [0.717, 1.165) is 6.20 Å². The third-order valence-corrected chi connectivity index (χ3v) is 3.01. The number of aliphatic hydroxyl groups excluding tert-OH is 1. The van der Waals surface area contributed by atoms with Crippen LogP contribution in [0.4, 0.5) is 0 Å². The van der Waals surface area contributed by atoms with Crippen molar-refractivity contribution in [1.82, 2.24) is 9.71 Å². The van der Waals surface area contributed by atoms with Crippen molar-refractivity contribution >= 4 is 10.0 Å². The van der Waals surface area contributed by atoms with Crippen molar-refractivity contribution in [3.8, 4) is 6.07 Å². The summed E-state index contributed by atoms with van der Waals surface area (Å²) in [6.45, 7) is -0.328. The van der Waals surface area contributed by atoms with Gasteiger partial charge < -0.3 is 5.11 Å². The minimum absolute atomic E-state index is 0.0325. The van der Waals surface area contributed by atoms with Gasteiger partial charge in [0.1, 0.15) is 16.7 Å². The van der Waals surface area contributed by atoms with Gasteiger partial charge in [0, 0.05) is 12.7 Å². The molecule has 0 aliphatic heterocycles. The summed E-state index contributed by atoms with van der Waals surface area (Å²) in [7, 11) is -3.63. The summed E-state index contributed by atoms with van der Waals surface area (Å²) < 4.78 is 25.1. The maximum absolute atomic E-state index is 11.4. The highest BCUT2D eigenvalue weighted by molar-refractivity contribution is 7.89. The monoisotopic (exact) mass is 227 g/mol. The Hall–Kier alpha value is -1.49. The fraction of sp³-hybridized carbons (Fsp3) is 0.250. The normalized spacial score (nSPS) is 10.9. The van der Waals surface area contributed by atoms with Gasteiger partial charge >= 0.3 is 0 Å². The molecule has 0 spiro atoms. The molecule has 0 saturated heterocycles. The molecule has 6 nitrogen and oxygen atoms in total. The average Bonchev–Trinajstić information content (AvgIpc) is 2.26. The molecular weight excluding hydrogens is 218 g/mol. The number of hydrogen-bond acceptors (Lipinski definition) is 5. The lowest BCUT2D eigenvalue weighted by molar-refractivity contribution is 0.301. The maximum Gasteiger partial charge on any atom is 0.242 e. The first kappa shape index (κ1) is 11.6. The summed E-state index contributed by atoms with van der Waals surface area (Å²) >= 11 is 0. The molecule has 80 valence electrons. The highest BCUT2D eigenvalue weighted by Crippen LogP contribution is 2.06. The molecule has 1 aromatic rings. The van der Waals surface area contributed by atoms with Gasteiger partial charge in [0.25, 0.3) is 0 Å². The van der Waals surface area contributed by atoms with Crippen LogP contribution in [0.15, 0.2) is 23.2 Å². The smallest absolute Gasteiger partial charge is 0.242 e. The maximum atomic E-state index is 11.4. The van der Waals surface area contributed by atoms with Crippen LogP contribution >= 0.6 is 0 Å². The van der Waals surface area contributed by atoms with Crippen LogP contribution in [-0.2, 0) is 10.0 Å². The van der Waals surface area contributed by atoms with E-state index in [4.69, 9.17) is 10.4 Å². The Bertz CT molecular complexity index is 461. The number of nitriles is 1. The first-order valence-electron chi connectivity index (χ1n) is 4.07. The zero-order chi connectivity index (χ0) is 11.3. The molecule has 0 atom stereocenters. The second-order valence-corrected chi connectivity index (χ2v) is 4.38. The van der Waals surface area contributed by atoms with Crippen LogP contribution in [-0.4, -0.2) is 31.7 Å². The standard InChI is InChI=1S/C8H9N3O3S/c9-5-7-1-2-8(6-10-7)15(13,14)11-3-4-12/h1-2,6,11-12H,3-4H2. The van der Waals surface area contributed by atoms with Crippen molar-refractivity contribution in [3.63, 3.8) is 0 Å². The van der Waals surface area contributed by atoms with Gasteiger partial charge in [-0.3, -0.25) is 0 Å². The molecule has 15 heavy (non-hydrogen) atoms. The first-order chi connectivity index (χ1) is 7.10. The molecule has 1 rings (SSSR count). The summed E-state index contributed by atoms with van der Waals surface area (Å²) in [5.74, 6) is 0.